The third-order valence-electron chi connectivity index (χ3n) is 7.27. The van der Waals surface area contributed by atoms with Crippen molar-refractivity contribution < 1.29 is 19.4 Å². The van der Waals surface area contributed by atoms with E-state index in [0.29, 0.717) is 17.7 Å². The number of esters is 1. The molecule has 0 heterocycles. The summed E-state index contributed by atoms with van der Waals surface area (Å²) in [6.07, 6.45) is 6.96. The molecule has 0 aromatic heterocycles. The molecule has 0 unspecified atom stereocenters. The van der Waals surface area contributed by atoms with E-state index in [0.717, 1.165) is 29.0 Å². The minimum atomic E-state index is -1.03. The van der Waals surface area contributed by atoms with E-state index in [-0.39, 0.29) is 10.8 Å². The Morgan fingerprint density at radius 1 is 0.861 bits per heavy atom. The second-order valence-corrected chi connectivity index (χ2v) is 10.8. The molecule has 0 saturated heterocycles. The largest absolute Gasteiger partial charge is 0.478 e. The normalized spacial score (nSPS) is 16.6. The molecule has 0 amide bonds. The van der Waals surface area contributed by atoms with E-state index in [2.05, 4.69) is 58.0 Å². The van der Waals surface area contributed by atoms with E-state index in [1.165, 1.54) is 22.9 Å². The van der Waals surface area contributed by atoms with E-state index >= 15 is 0 Å². The van der Waals surface area contributed by atoms with Crippen molar-refractivity contribution in [3.63, 3.8) is 0 Å². The van der Waals surface area contributed by atoms with E-state index in [9.17, 15) is 14.7 Å². The maximum atomic E-state index is 12.3. The number of hydrogen-bond acceptors (Lipinski definition) is 3. The highest BCUT2D eigenvalue weighted by Crippen LogP contribution is 2.47. The zero-order valence-corrected chi connectivity index (χ0v) is 21.7. The van der Waals surface area contributed by atoms with Crippen LogP contribution in [0, 0.1) is 0 Å². The van der Waals surface area contributed by atoms with Gasteiger partial charge in [-0.1, -0.05) is 64.1 Å². The van der Waals surface area contributed by atoms with Gasteiger partial charge in [0.15, 0.2) is 0 Å². The molecule has 1 aliphatic rings. The number of carboxylic acids is 1. The second-order valence-electron chi connectivity index (χ2n) is 10.8. The van der Waals surface area contributed by atoms with Gasteiger partial charge >= 0.3 is 11.9 Å². The lowest BCUT2D eigenvalue weighted by atomic mass is 9.63. The lowest BCUT2D eigenvalue weighted by molar-refractivity contribution is -0.131. The number of ether oxygens (including phenoxy) is 1. The number of hydrogen-bond donors (Lipinski definition) is 1. The van der Waals surface area contributed by atoms with Crippen LogP contribution in [0.5, 0.6) is 0 Å². The van der Waals surface area contributed by atoms with E-state index < -0.39 is 11.9 Å². The van der Waals surface area contributed by atoms with Gasteiger partial charge in [0.25, 0.3) is 0 Å². The van der Waals surface area contributed by atoms with Crippen molar-refractivity contribution in [3.05, 3.63) is 94.6 Å². The van der Waals surface area contributed by atoms with E-state index in [1.54, 1.807) is 31.2 Å². The number of carbonyl (C=O) groups is 2. The summed E-state index contributed by atoms with van der Waals surface area (Å²) in [4.78, 5) is 23.5. The second kappa shape index (κ2) is 9.77. The smallest absolute Gasteiger partial charge is 0.338 e. The molecule has 186 valence electrons. The molecule has 36 heavy (non-hydrogen) atoms. The van der Waals surface area contributed by atoms with Gasteiger partial charge in [0.2, 0.25) is 0 Å². The fourth-order valence-electron chi connectivity index (χ4n) is 5.03. The number of carboxylic acid groups (broad SMARTS) is 1. The average Bonchev–Trinajstić information content (AvgIpc) is 2.84. The zero-order valence-electron chi connectivity index (χ0n) is 21.7. The Kier molecular flexibility index (Phi) is 6.90. The third-order valence-corrected chi connectivity index (χ3v) is 7.27. The first kappa shape index (κ1) is 25.4. The summed E-state index contributed by atoms with van der Waals surface area (Å²) in [6, 6.07) is 18.1. The van der Waals surface area contributed by atoms with Gasteiger partial charge in [-0.3, -0.25) is 0 Å². The van der Waals surface area contributed by atoms with Gasteiger partial charge in [0.1, 0.15) is 0 Å². The van der Waals surface area contributed by atoms with Crippen molar-refractivity contribution in [3.8, 4) is 0 Å². The molecule has 0 saturated carbocycles. The van der Waals surface area contributed by atoms with Crippen molar-refractivity contribution >= 4 is 34.4 Å². The lowest BCUT2D eigenvalue weighted by Gasteiger charge is -2.42. The fraction of sp³-hybridized carbons (Fsp3) is 0.312. The topological polar surface area (TPSA) is 63.6 Å². The predicted octanol–water partition coefficient (Wildman–Crippen LogP) is 7.55. The minimum Gasteiger partial charge on any atom is -0.478 e. The van der Waals surface area contributed by atoms with Gasteiger partial charge in [-0.15, -0.1) is 0 Å². The van der Waals surface area contributed by atoms with Crippen LogP contribution in [0.1, 0.15) is 80.1 Å². The molecule has 0 bridgehead atoms. The first-order valence-corrected chi connectivity index (χ1v) is 12.5. The SMILES string of the molecule is CCOC(=O)c1cccc(C(/C=C\C(=O)O)=C\c2ccc3cc4c(cc3c2)C(C)(C)CCC4(C)C)c1. The van der Waals surface area contributed by atoms with Crippen molar-refractivity contribution in [2.75, 3.05) is 6.61 Å². The molecular formula is C32H34O4. The molecule has 0 aliphatic heterocycles. The van der Waals surface area contributed by atoms with Crippen LogP contribution >= 0.6 is 0 Å². The summed E-state index contributed by atoms with van der Waals surface area (Å²) >= 11 is 0. The first-order chi connectivity index (χ1) is 17.0. The number of aliphatic carboxylic acids is 1. The summed E-state index contributed by atoms with van der Waals surface area (Å²) in [7, 11) is 0. The van der Waals surface area contributed by atoms with Crippen LogP contribution in [0.3, 0.4) is 0 Å². The Labute approximate surface area is 213 Å². The maximum Gasteiger partial charge on any atom is 0.338 e. The molecule has 0 radical (unpaired) electrons. The molecule has 0 spiro atoms. The first-order valence-electron chi connectivity index (χ1n) is 12.5. The molecular weight excluding hydrogens is 448 g/mol. The minimum absolute atomic E-state index is 0.119. The number of allylic oxidation sites excluding steroid dienone is 2. The number of carbonyl (C=O) groups excluding carboxylic acids is 1. The zero-order chi connectivity index (χ0) is 26.1. The molecule has 0 fully saturated rings. The fourth-order valence-corrected chi connectivity index (χ4v) is 5.03. The Hall–Kier alpha value is -3.66. The average molecular weight is 483 g/mol. The molecule has 3 aromatic carbocycles. The number of rotatable bonds is 6. The van der Waals surface area contributed by atoms with Crippen LogP contribution in [0.25, 0.3) is 22.4 Å². The highest BCUT2D eigenvalue weighted by Gasteiger charge is 2.37. The number of benzene rings is 3. The van der Waals surface area contributed by atoms with Crippen molar-refractivity contribution in [2.24, 2.45) is 0 Å². The number of fused-ring (bicyclic) bond motifs is 2. The summed E-state index contributed by atoms with van der Waals surface area (Å²) < 4.78 is 5.13. The van der Waals surface area contributed by atoms with Crippen LogP contribution < -0.4 is 0 Å². The summed E-state index contributed by atoms with van der Waals surface area (Å²) in [5, 5.41) is 11.6. The van der Waals surface area contributed by atoms with Gasteiger partial charge in [-0.05, 0) is 99.5 Å². The van der Waals surface area contributed by atoms with Gasteiger partial charge < -0.3 is 9.84 Å². The van der Waals surface area contributed by atoms with Crippen LogP contribution in [0.2, 0.25) is 0 Å². The van der Waals surface area contributed by atoms with Gasteiger partial charge in [-0.2, -0.15) is 0 Å². The van der Waals surface area contributed by atoms with E-state index in [4.69, 9.17) is 4.74 Å². The Balaban J connectivity index is 1.82. The summed E-state index contributed by atoms with van der Waals surface area (Å²) in [5.74, 6) is -1.43. The van der Waals surface area contributed by atoms with E-state index in [1.807, 2.05) is 12.1 Å². The standard InChI is InChI=1S/C32H34O4/c1-6-36-30(35)25-9-7-8-22(18-25)23(12-13-29(33)34)16-21-10-11-24-19-27-28(20-26(24)17-21)32(4,5)15-14-31(27,2)3/h7-13,16-20H,6,14-15H2,1-5H3,(H,33,34)/b13-12-,23-16-. The van der Waals surface area contributed by atoms with Crippen molar-refractivity contribution in [1.29, 1.82) is 0 Å². The van der Waals surface area contributed by atoms with Crippen LogP contribution in [-0.2, 0) is 20.4 Å². The summed E-state index contributed by atoms with van der Waals surface area (Å²) in [5.41, 5.74) is 5.93. The Morgan fingerprint density at radius 2 is 1.50 bits per heavy atom. The highest BCUT2D eigenvalue weighted by molar-refractivity contribution is 5.96. The van der Waals surface area contributed by atoms with Crippen LogP contribution in [-0.4, -0.2) is 23.7 Å². The van der Waals surface area contributed by atoms with Crippen LogP contribution in [0.15, 0.2) is 66.7 Å². The summed E-state index contributed by atoms with van der Waals surface area (Å²) in [6.45, 7) is 11.4. The molecule has 3 aromatic rings. The molecule has 4 nitrogen and oxygen atoms in total. The molecule has 1 N–H and O–H groups in total. The van der Waals surface area contributed by atoms with Gasteiger partial charge in [0.05, 0.1) is 12.2 Å². The monoisotopic (exact) mass is 482 g/mol. The quantitative estimate of drug-likeness (QED) is 0.171. The lowest BCUT2D eigenvalue weighted by Crippen LogP contribution is -2.33. The van der Waals surface area contributed by atoms with Crippen molar-refractivity contribution in [2.45, 2.75) is 58.3 Å². The highest BCUT2D eigenvalue weighted by atomic mass is 16.5. The Bertz CT molecular complexity index is 1390. The van der Waals surface area contributed by atoms with Crippen molar-refractivity contribution in [1.82, 2.24) is 0 Å². The molecule has 1 aliphatic carbocycles. The Morgan fingerprint density at radius 3 is 2.14 bits per heavy atom. The predicted molar refractivity (Wildman–Crippen MR) is 146 cm³/mol. The van der Waals surface area contributed by atoms with Crippen LogP contribution in [0.4, 0.5) is 0 Å². The van der Waals surface area contributed by atoms with Gasteiger partial charge in [-0.25, -0.2) is 9.59 Å². The van der Waals surface area contributed by atoms with Gasteiger partial charge in [0, 0.05) is 6.08 Å². The molecule has 4 rings (SSSR count). The third kappa shape index (κ3) is 5.28. The maximum absolute atomic E-state index is 12.3. The molecule has 4 heteroatoms. The molecule has 0 atom stereocenters.